The van der Waals surface area contributed by atoms with Gasteiger partial charge in [0.1, 0.15) is 0 Å². The van der Waals surface area contributed by atoms with Gasteiger partial charge in [0, 0.05) is 11.7 Å². The molecule has 17 heavy (non-hydrogen) atoms. The molecular formula is C12H17N3OS. The third kappa shape index (κ3) is 3.74. The van der Waals surface area contributed by atoms with E-state index >= 15 is 0 Å². The summed E-state index contributed by atoms with van der Waals surface area (Å²) < 4.78 is 5.13. The van der Waals surface area contributed by atoms with Crippen LogP contribution in [0.5, 0.6) is 0 Å². The van der Waals surface area contributed by atoms with Crippen LogP contribution in [0.4, 0.5) is 0 Å². The molecule has 0 spiro atoms. The summed E-state index contributed by atoms with van der Waals surface area (Å²) in [6.07, 6.45) is 5.91. The van der Waals surface area contributed by atoms with Crippen LogP contribution in [-0.2, 0) is 12.2 Å². The van der Waals surface area contributed by atoms with Gasteiger partial charge in [-0.2, -0.15) is 22.0 Å². The molecule has 1 aromatic heterocycles. The quantitative estimate of drug-likeness (QED) is 0.805. The Morgan fingerprint density at radius 1 is 1.53 bits per heavy atom. The van der Waals surface area contributed by atoms with Crippen molar-refractivity contribution in [1.82, 2.24) is 10.1 Å². The van der Waals surface area contributed by atoms with Crippen LogP contribution in [0.1, 0.15) is 44.3 Å². The van der Waals surface area contributed by atoms with Crippen molar-refractivity contribution in [3.05, 3.63) is 11.7 Å². The summed E-state index contributed by atoms with van der Waals surface area (Å²) in [5.74, 6) is 2.11. The van der Waals surface area contributed by atoms with E-state index in [2.05, 4.69) is 16.2 Å². The summed E-state index contributed by atoms with van der Waals surface area (Å²) in [5.41, 5.74) is 0. The molecule has 2 rings (SSSR count). The molecule has 1 saturated carbocycles. The maximum atomic E-state index is 8.71. The lowest BCUT2D eigenvalue weighted by Gasteiger charge is -2.04. The van der Waals surface area contributed by atoms with E-state index in [1.54, 1.807) is 0 Å². The molecule has 0 bridgehead atoms. The standard InChI is InChI=1S/C12H17N3OS/c1-9(7-13)6-12-14-11(15-16-12)8-17-10-4-2-3-5-10/h9-10H,2-6,8H2,1H3. The number of aromatic nitrogens is 2. The fraction of sp³-hybridized carbons (Fsp3) is 0.750. The molecule has 0 saturated heterocycles. The van der Waals surface area contributed by atoms with Crippen LogP contribution in [-0.4, -0.2) is 15.4 Å². The second-order valence-electron chi connectivity index (χ2n) is 4.56. The number of thioether (sulfide) groups is 1. The smallest absolute Gasteiger partial charge is 0.227 e. The van der Waals surface area contributed by atoms with Crippen LogP contribution >= 0.6 is 11.8 Å². The topological polar surface area (TPSA) is 62.7 Å². The first-order valence-corrected chi connectivity index (χ1v) is 7.15. The molecule has 1 heterocycles. The second-order valence-corrected chi connectivity index (χ2v) is 5.84. The first kappa shape index (κ1) is 12.4. The number of hydrogen-bond acceptors (Lipinski definition) is 5. The number of nitriles is 1. The third-order valence-electron chi connectivity index (χ3n) is 2.96. The molecule has 1 unspecified atom stereocenters. The molecule has 0 aliphatic heterocycles. The zero-order chi connectivity index (χ0) is 12.1. The lowest BCUT2D eigenvalue weighted by atomic mass is 10.1. The molecule has 0 aromatic carbocycles. The van der Waals surface area contributed by atoms with Gasteiger partial charge in [-0.3, -0.25) is 0 Å². The fourth-order valence-corrected chi connectivity index (χ4v) is 3.16. The lowest BCUT2D eigenvalue weighted by Crippen LogP contribution is -1.98. The Kier molecular flexibility index (Phi) is 4.43. The van der Waals surface area contributed by atoms with E-state index in [9.17, 15) is 0 Å². The average molecular weight is 251 g/mol. The van der Waals surface area contributed by atoms with Crippen LogP contribution < -0.4 is 0 Å². The minimum Gasteiger partial charge on any atom is -0.339 e. The van der Waals surface area contributed by atoms with Gasteiger partial charge in [0.15, 0.2) is 5.82 Å². The highest BCUT2D eigenvalue weighted by Gasteiger charge is 2.17. The second kappa shape index (κ2) is 6.06. The van der Waals surface area contributed by atoms with Crippen molar-refractivity contribution >= 4 is 11.8 Å². The number of nitrogens with zero attached hydrogens (tertiary/aromatic N) is 3. The zero-order valence-electron chi connectivity index (χ0n) is 10.1. The van der Waals surface area contributed by atoms with Gasteiger partial charge in [-0.1, -0.05) is 18.0 Å². The van der Waals surface area contributed by atoms with Crippen LogP contribution in [0.2, 0.25) is 0 Å². The molecule has 1 atom stereocenters. The van der Waals surface area contributed by atoms with Gasteiger partial charge in [0.2, 0.25) is 5.89 Å². The SMILES string of the molecule is CC(C#N)Cc1nc(CSC2CCCC2)no1. The summed E-state index contributed by atoms with van der Waals surface area (Å²) in [6.45, 7) is 1.86. The molecule has 1 fully saturated rings. The Hall–Kier alpha value is -1.02. The van der Waals surface area contributed by atoms with Crippen LogP contribution in [0.25, 0.3) is 0 Å². The predicted octanol–water partition coefficient (Wildman–Crippen LogP) is 2.95. The van der Waals surface area contributed by atoms with Crippen molar-refractivity contribution in [1.29, 1.82) is 5.26 Å². The molecule has 1 aromatic rings. The van der Waals surface area contributed by atoms with E-state index in [4.69, 9.17) is 9.78 Å². The lowest BCUT2D eigenvalue weighted by molar-refractivity contribution is 0.366. The highest BCUT2D eigenvalue weighted by atomic mass is 32.2. The highest BCUT2D eigenvalue weighted by molar-refractivity contribution is 7.99. The van der Waals surface area contributed by atoms with Crippen LogP contribution in [0.3, 0.4) is 0 Å². The van der Waals surface area contributed by atoms with Gasteiger partial charge < -0.3 is 4.52 Å². The van der Waals surface area contributed by atoms with Gasteiger partial charge in [-0.25, -0.2) is 0 Å². The molecule has 0 N–H and O–H groups in total. The van der Waals surface area contributed by atoms with Gasteiger partial charge >= 0.3 is 0 Å². The van der Waals surface area contributed by atoms with Crippen molar-refractivity contribution < 1.29 is 4.52 Å². The van der Waals surface area contributed by atoms with Crippen molar-refractivity contribution in [2.45, 2.75) is 50.0 Å². The maximum Gasteiger partial charge on any atom is 0.227 e. The van der Waals surface area contributed by atoms with E-state index in [1.165, 1.54) is 25.7 Å². The van der Waals surface area contributed by atoms with Crippen molar-refractivity contribution in [2.75, 3.05) is 0 Å². The average Bonchev–Trinajstić information content (AvgIpc) is 2.97. The Balaban J connectivity index is 1.79. The molecule has 92 valence electrons. The van der Waals surface area contributed by atoms with E-state index in [1.807, 2.05) is 18.7 Å². The molecule has 4 nitrogen and oxygen atoms in total. The highest BCUT2D eigenvalue weighted by Crippen LogP contribution is 2.30. The molecule has 1 aliphatic rings. The molecule has 0 radical (unpaired) electrons. The minimum atomic E-state index is -0.0641. The summed E-state index contributed by atoms with van der Waals surface area (Å²) in [4.78, 5) is 4.31. The summed E-state index contributed by atoms with van der Waals surface area (Å²) in [6, 6.07) is 2.17. The Labute approximate surface area is 106 Å². The maximum absolute atomic E-state index is 8.71. The monoisotopic (exact) mass is 251 g/mol. The van der Waals surface area contributed by atoms with Crippen molar-refractivity contribution in [3.63, 3.8) is 0 Å². The van der Waals surface area contributed by atoms with Crippen molar-refractivity contribution in [3.8, 4) is 6.07 Å². The molecule has 0 amide bonds. The van der Waals surface area contributed by atoms with Crippen molar-refractivity contribution in [2.24, 2.45) is 5.92 Å². The van der Waals surface area contributed by atoms with Crippen LogP contribution in [0, 0.1) is 17.2 Å². The van der Waals surface area contributed by atoms with Gasteiger partial charge in [0.25, 0.3) is 0 Å². The van der Waals surface area contributed by atoms with E-state index in [0.717, 1.165) is 16.8 Å². The summed E-state index contributed by atoms with van der Waals surface area (Å²) in [5, 5.41) is 13.4. The molecule has 5 heteroatoms. The fourth-order valence-electron chi connectivity index (χ4n) is 1.99. The first-order valence-electron chi connectivity index (χ1n) is 6.10. The normalized spacial score (nSPS) is 18.1. The predicted molar refractivity (Wildman–Crippen MR) is 66.3 cm³/mol. The number of hydrogen-bond donors (Lipinski definition) is 0. The van der Waals surface area contributed by atoms with Crippen LogP contribution in [0.15, 0.2) is 4.52 Å². The van der Waals surface area contributed by atoms with Gasteiger partial charge in [-0.15, -0.1) is 0 Å². The largest absolute Gasteiger partial charge is 0.339 e. The van der Waals surface area contributed by atoms with E-state index in [0.29, 0.717) is 12.3 Å². The van der Waals surface area contributed by atoms with E-state index in [-0.39, 0.29) is 5.92 Å². The van der Waals surface area contributed by atoms with Gasteiger partial charge in [0.05, 0.1) is 17.7 Å². The zero-order valence-corrected chi connectivity index (χ0v) is 10.9. The number of rotatable bonds is 5. The van der Waals surface area contributed by atoms with E-state index < -0.39 is 0 Å². The summed E-state index contributed by atoms with van der Waals surface area (Å²) >= 11 is 1.93. The molecular weight excluding hydrogens is 234 g/mol. The minimum absolute atomic E-state index is 0.0641. The first-order chi connectivity index (χ1) is 8.28. The Morgan fingerprint density at radius 2 is 2.29 bits per heavy atom. The molecule has 1 aliphatic carbocycles. The summed E-state index contributed by atoms with van der Waals surface area (Å²) in [7, 11) is 0. The Bertz CT molecular complexity index is 393. The third-order valence-corrected chi connectivity index (χ3v) is 4.33. The Morgan fingerprint density at radius 3 is 3.00 bits per heavy atom. The van der Waals surface area contributed by atoms with Gasteiger partial charge in [-0.05, 0) is 19.8 Å².